The number of carbonyl (C=O) groups excluding carboxylic acids is 1. The van der Waals surface area contributed by atoms with Crippen molar-refractivity contribution in [3.8, 4) is 11.8 Å². The summed E-state index contributed by atoms with van der Waals surface area (Å²) in [6, 6.07) is 5.08. The second-order valence-corrected chi connectivity index (χ2v) is 5.40. The second kappa shape index (κ2) is 9.06. The van der Waals surface area contributed by atoms with Gasteiger partial charge in [0.05, 0.1) is 17.9 Å². The van der Waals surface area contributed by atoms with Crippen molar-refractivity contribution in [3.63, 3.8) is 0 Å². The normalized spacial score (nSPS) is 11.5. The molecule has 1 aromatic rings. The molecular weight excluding hydrogens is 283 g/mol. The summed E-state index contributed by atoms with van der Waals surface area (Å²) in [7, 11) is 1.81. The fourth-order valence-electron chi connectivity index (χ4n) is 2.17. The number of amides is 1. The molecule has 0 radical (unpaired) electrons. The van der Waals surface area contributed by atoms with Crippen LogP contribution in [0.3, 0.4) is 0 Å². The molecule has 0 aliphatic heterocycles. The third-order valence-corrected chi connectivity index (χ3v) is 3.32. The predicted octanol–water partition coefficient (Wildman–Crippen LogP) is 1.90. The average Bonchev–Trinajstić information content (AvgIpc) is 2.47. The maximum Gasteiger partial charge on any atom is 0.217 e. The van der Waals surface area contributed by atoms with E-state index in [1.54, 1.807) is 18.2 Å². The SMILES string of the molecule is CC(CCC(N)=O)CN(C)c1cccc(C#CCCO)c1F. The van der Waals surface area contributed by atoms with Gasteiger partial charge in [-0.05, 0) is 24.5 Å². The number of anilines is 1. The Kier molecular flexibility index (Phi) is 7.41. The van der Waals surface area contributed by atoms with Crippen molar-refractivity contribution in [1.29, 1.82) is 0 Å². The first-order valence-electron chi connectivity index (χ1n) is 7.33. The van der Waals surface area contributed by atoms with E-state index in [-0.39, 0.29) is 24.2 Å². The van der Waals surface area contributed by atoms with E-state index in [1.807, 2.05) is 18.9 Å². The zero-order valence-electron chi connectivity index (χ0n) is 13.1. The highest BCUT2D eigenvalue weighted by Gasteiger charge is 2.13. The Morgan fingerprint density at radius 2 is 2.23 bits per heavy atom. The number of aliphatic hydroxyl groups excluding tert-OH is 1. The first kappa shape index (κ1) is 18.0. The van der Waals surface area contributed by atoms with Gasteiger partial charge in [-0.15, -0.1) is 0 Å². The summed E-state index contributed by atoms with van der Waals surface area (Å²) in [5.41, 5.74) is 5.93. The number of hydrogen-bond donors (Lipinski definition) is 2. The largest absolute Gasteiger partial charge is 0.395 e. The van der Waals surface area contributed by atoms with Crippen LogP contribution in [0.25, 0.3) is 0 Å². The van der Waals surface area contributed by atoms with E-state index in [4.69, 9.17) is 10.8 Å². The molecule has 1 rings (SSSR count). The third kappa shape index (κ3) is 5.74. The molecule has 0 fully saturated rings. The van der Waals surface area contributed by atoms with Crippen molar-refractivity contribution in [2.45, 2.75) is 26.2 Å². The standard InChI is InChI=1S/C17H23FN2O2/c1-13(9-10-16(19)22)12-20(2)15-8-5-7-14(17(15)18)6-3-4-11-21/h5,7-8,13,21H,4,9-12H2,1-2H3,(H2,19,22). The van der Waals surface area contributed by atoms with Crippen molar-refractivity contribution in [3.05, 3.63) is 29.6 Å². The Morgan fingerprint density at radius 3 is 2.86 bits per heavy atom. The Hall–Kier alpha value is -2.06. The van der Waals surface area contributed by atoms with E-state index in [2.05, 4.69) is 11.8 Å². The number of nitrogens with two attached hydrogens (primary N) is 1. The summed E-state index contributed by atoms with van der Waals surface area (Å²) in [6.45, 7) is 2.59. The summed E-state index contributed by atoms with van der Waals surface area (Å²) in [6.07, 6.45) is 1.34. The van der Waals surface area contributed by atoms with Gasteiger partial charge >= 0.3 is 0 Å². The van der Waals surface area contributed by atoms with Gasteiger partial charge in [0.15, 0.2) is 5.82 Å². The Bertz CT molecular complexity index is 564. The highest BCUT2D eigenvalue weighted by atomic mass is 19.1. The van der Waals surface area contributed by atoms with E-state index in [1.165, 1.54) is 0 Å². The van der Waals surface area contributed by atoms with Crippen molar-refractivity contribution < 1.29 is 14.3 Å². The van der Waals surface area contributed by atoms with Crippen molar-refractivity contribution >= 4 is 11.6 Å². The smallest absolute Gasteiger partial charge is 0.217 e. The first-order valence-corrected chi connectivity index (χ1v) is 7.33. The zero-order chi connectivity index (χ0) is 16.5. The zero-order valence-corrected chi connectivity index (χ0v) is 13.1. The molecule has 0 spiro atoms. The molecule has 4 nitrogen and oxygen atoms in total. The Balaban J connectivity index is 2.77. The summed E-state index contributed by atoms with van der Waals surface area (Å²) in [5, 5.41) is 8.71. The maximum absolute atomic E-state index is 14.4. The molecule has 0 bridgehead atoms. The van der Waals surface area contributed by atoms with Crippen LogP contribution in [0.2, 0.25) is 0 Å². The molecule has 3 N–H and O–H groups in total. The molecule has 120 valence electrons. The lowest BCUT2D eigenvalue weighted by Crippen LogP contribution is -2.26. The number of benzene rings is 1. The van der Waals surface area contributed by atoms with Crippen LogP contribution in [0.1, 0.15) is 31.7 Å². The number of rotatable bonds is 7. The van der Waals surface area contributed by atoms with E-state index in [0.717, 1.165) is 0 Å². The first-order chi connectivity index (χ1) is 10.5. The minimum atomic E-state index is -0.363. The molecule has 0 heterocycles. The van der Waals surface area contributed by atoms with Gasteiger partial charge in [0.25, 0.3) is 0 Å². The molecule has 1 aromatic carbocycles. The van der Waals surface area contributed by atoms with Crippen molar-refractivity contribution in [2.24, 2.45) is 11.7 Å². The highest BCUT2D eigenvalue weighted by Crippen LogP contribution is 2.22. The van der Waals surface area contributed by atoms with Gasteiger partial charge in [0, 0.05) is 26.4 Å². The Labute approximate surface area is 131 Å². The monoisotopic (exact) mass is 306 g/mol. The molecule has 0 saturated carbocycles. The van der Waals surface area contributed by atoms with Gasteiger partial charge in [0.1, 0.15) is 0 Å². The minimum Gasteiger partial charge on any atom is -0.395 e. The lowest BCUT2D eigenvalue weighted by atomic mass is 10.0. The van der Waals surface area contributed by atoms with Gasteiger partial charge in [-0.1, -0.05) is 24.8 Å². The van der Waals surface area contributed by atoms with Crippen LogP contribution in [0, 0.1) is 23.6 Å². The van der Waals surface area contributed by atoms with Crippen molar-refractivity contribution in [1.82, 2.24) is 0 Å². The number of hydrogen-bond acceptors (Lipinski definition) is 3. The van der Waals surface area contributed by atoms with Gasteiger partial charge < -0.3 is 15.7 Å². The average molecular weight is 306 g/mol. The molecule has 5 heteroatoms. The van der Waals surface area contributed by atoms with Crippen LogP contribution < -0.4 is 10.6 Å². The van der Waals surface area contributed by atoms with Gasteiger partial charge in [-0.3, -0.25) is 4.79 Å². The van der Waals surface area contributed by atoms with Crippen LogP contribution >= 0.6 is 0 Å². The number of nitrogens with zero attached hydrogens (tertiary/aromatic N) is 1. The van der Waals surface area contributed by atoms with E-state index in [0.29, 0.717) is 37.1 Å². The van der Waals surface area contributed by atoms with Crippen molar-refractivity contribution in [2.75, 3.05) is 25.1 Å². The summed E-state index contributed by atoms with van der Waals surface area (Å²) >= 11 is 0. The van der Waals surface area contributed by atoms with Crippen LogP contribution in [-0.4, -0.2) is 31.2 Å². The lowest BCUT2D eigenvalue weighted by molar-refractivity contribution is -0.118. The van der Waals surface area contributed by atoms with Gasteiger partial charge in [-0.2, -0.15) is 0 Å². The highest BCUT2D eigenvalue weighted by molar-refractivity contribution is 5.73. The van der Waals surface area contributed by atoms with Gasteiger partial charge in [-0.25, -0.2) is 4.39 Å². The molecule has 0 saturated heterocycles. The van der Waals surface area contributed by atoms with Crippen LogP contribution in [0.4, 0.5) is 10.1 Å². The second-order valence-electron chi connectivity index (χ2n) is 5.40. The molecule has 1 unspecified atom stereocenters. The van der Waals surface area contributed by atoms with E-state index in [9.17, 15) is 9.18 Å². The summed E-state index contributed by atoms with van der Waals surface area (Å²) in [5.74, 6) is 4.99. The van der Waals surface area contributed by atoms with Crippen LogP contribution in [0.15, 0.2) is 18.2 Å². The number of carbonyl (C=O) groups is 1. The fourth-order valence-corrected chi connectivity index (χ4v) is 2.17. The lowest BCUT2D eigenvalue weighted by Gasteiger charge is -2.24. The summed E-state index contributed by atoms with van der Waals surface area (Å²) in [4.78, 5) is 12.6. The summed E-state index contributed by atoms with van der Waals surface area (Å²) < 4.78 is 14.4. The molecule has 0 aromatic heterocycles. The maximum atomic E-state index is 14.4. The minimum absolute atomic E-state index is 0.0361. The molecule has 0 aliphatic carbocycles. The van der Waals surface area contributed by atoms with E-state index < -0.39 is 0 Å². The number of aliphatic hydroxyl groups is 1. The molecule has 22 heavy (non-hydrogen) atoms. The number of halogens is 1. The quantitative estimate of drug-likeness (QED) is 0.756. The molecule has 1 atom stereocenters. The van der Waals surface area contributed by atoms with Crippen LogP contribution in [-0.2, 0) is 4.79 Å². The predicted molar refractivity (Wildman–Crippen MR) is 85.8 cm³/mol. The van der Waals surface area contributed by atoms with Gasteiger partial charge in [0.2, 0.25) is 5.91 Å². The Morgan fingerprint density at radius 1 is 1.50 bits per heavy atom. The molecule has 0 aliphatic rings. The number of primary amides is 1. The molecule has 1 amide bonds. The molecular formula is C17H23FN2O2. The van der Waals surface area contributed by atoms with Crippen LogP contribution in [0.5, 0.6) is 0 Å². The van der Waals surface area contributed by atoms with E-state index >= 15 is 0 Å². The topological polar surface area (TPSA) is 66.6 Å². The fraction of sp³-hybridized carbons (Fsp3) is 0.471. The third-order valence-electron chi connectivity index (χ3n) is 3.32.